The zero-order valence-electron chi connectivity index (χ0n) is 15.7. The van der Waals surface area contributed by atoms with Crippen LogP contribution in [0.4, 0.5) is 4.79 Å². The smallest absolute Gasteiger partial charge is 0.410 e. The van der Waals surface area contributed by atoms with Crippen LogP contribution in [0.25, 0.3) is 0 Å². The van der Waals surface area contributed by atoms with E-state index in [9.17, 15) is 4.79 Å². The lowest BCUT2D eigenvalue weighted by Crippen LogP contribution is -2.53. The van der Waals surface area contributed by atoms with Crippen molar-refractivity contribution in [3.63, 3.8) is 0 Å². The topological polar surface area (TPSA) is 84.0 Å². The largest absolute Gasteiger partial charge is 0.444 e. The monoisotopic (exact) mass is 347 g/mol. The zero-order valence-corrected chi connectivity index (χ0v) is 15.7. The van der Waals surface area contributed by atoms with E-state index < -0.39 is 5.60 Å². The average molecular weight is 347 g/mol. The van der Waals surface area contributed by atoms with Crippen LogP contribution in [0.3, 0.4) is 0 Å². The first-order valence-corrected chi connectivity index (χ1v) is 8.69. The SMILES string of the molecule is Cc1ccc(CCN=C(N)N2CCN(C(=O)OC(C)(C)C)CC2)cn1. The third kappa shape index (κ3) is 6.25. The molecular formula is C18H29N5O2. The van der Waals surface area contributed by atoms with Crippen molar-refractivity contribution in [2.75, 3.05) is 32.7 Å². The highest BCUT2D eigenvalue weighted by molar-refractivity contribution is 5.78. The van der Waals surface area contributed by atoms with E-state index in [-0.39, 0.29) is 6.09 Å². The van der Waals surface area contributed by atoms with Gasteiger partial charge in [-0.2, -0.15) is 0 Å². The van der Waals surface area contributed by atoms with Gasteiger partial charge in [-0.3, -0.25) is 9.98 Å². The molecule has 1 fully saturated rings. The Bertz CT molecular complexity index is 599. The lowest BCUT2D eigenvalue weighted by molar-refractivity contribution is 0.0186. The summed E-state index contributed by atoms with van der Waals surface area (Å²) in [7, 11) is 0. The average Bonchev–Trinajstić information content (AvgIpc) is 2.55. The molecule has 1 aliphatic rings. The highest BCUT2D eigenvalue weighted by atomic mass is 16.6. The first-order valence-electron chi connectivity index (χ1n) is 8.69. The molecule has 1 aliphatic heterocycles. The number of nitrogens with zero attached hydrogens (tertiary/aromatic N) is 4. The Balaban J connectivity index is 1.77. The van der Waals surface area contributed by atoms with Crippen LogP contribution < -0.4 is 5.73 Å². The van der Waals surface area contributed by atoms with Gasteiger partial charge in [-0.15, -0.1) is 0 Å². The molecule has 7 heteroatoms. The molecular weight excluding hydrogens is 318 g/mol. The number of carbonyl (C=O) groups is 1. The number of hydrogen-bond acceptors (Lipinski definition) is 4. The van der Waals surface area contributed by atoms with E-state index in [0.717, 1.165) is 17.7 Å². The molecule has 0 bridgehead atoms. The summed E-state index contributed by atoms with van der Waals surface area (Å²) in [6.45, 7) is 10.7. The predicted octanol–water partition coefficient (Wildman–Crippen LogP) is 1.80. The number of piperazine rings is 1. The number of guanidine groups is 1. The second-order valence-electron chi connectivity index (χ2n) is 7.25. The minimum atomic E-state index is -0.473. The summed E-state index contributed by atoms with van der Waals surface area (Å²) in [5, 5.41) is 0. The van der Waals surface area contributed by atoms with Gasteiger partial charge >= 0.3 is 6.09 Å². The molecule has 2 heterocycles. The van der Waals surface area contributed by atoms with Gasteiger partial charge in [0.15, 0.2) is 5.96 Å². The van der Waals surface area contributed by atoms with E-state index >= 15 is 0 Å². The van der Waals surface area contributed by atoms with Crippen molar-refractivity contribution < 1.29 is 9.53 Å². The molecule has 1 aromatic rings. The summed E-state index contributed by atoms with van der Waals surface area (Å²) in [6, 6.07) is 4.06. The van der Waals surface area contributed by atoms with Crippen LogP contribution in [-0.4, -0.2) is 65.2 Å². The van der Waals surface area contributed by atoms with Crippen LogP contribution >= 0.6 is 0 Å². The van der Waals surface area contributed by atoms with Crippen molar-refractivity contribution in [3.05, 3.63) is 29.6 Å². The maximum Gasteiger partial charge on any atom is 0.410 e. The molecule has 0 unspecified atom stereocenters. The van der Waals surface area contributed by atoms with Crippen molar-refractivity contribution >= 4 is 12.1 Å². The Morgan fingerprint density at radius 2 is 1.88 bits per heavy atom. The van der Waals surface area contributed by atoms with Gasteiger partial charge < -0.3 is 20.3 Å². The number of hydrogen-bond donors (Lipinski definition) is 1. The molecule has 0 saturated carbocycles. The van der Waals surface area contributed by atoms with E-state index in [1.165, 1.54) is 0 Å². The second-order valence-corrected chi connectivity index (χ2v) is 7.25. The van der Waals surface area contributed by atoms with Gasteiger partial charge in [-0.1, -0.05) is 6.07 Å². The fourth-order valence-corrected chi connectivity index (χ4v) is 2.49. The van der Waals surface area contributed by atoms with Gasteiger partial charge in [0, 0.05) is 44.6 Å². The third-order valence-electron chi connectivity index (χ3n) is 3.90. The molecule has 1 aromatic heterocycles. The first-order chi connectivity index (χ1) is 11.7. The van der Waals surface area contributed by atoms with Gasteiger partial charge in [-0.05, 0) is 45.7 Å². The van der Waals surface area contributed by atoms with Gasteiger partial charge in [0.2, 0.25) is 0 Å². The molecule has 1 amide bonds. The second kappa shape index (κ2) is 8.18. The molecule has 25 heavy (non-hydrogen) atoms. The van der Waals surface area contributed by atoms with Crippen molar-refractivity contribution in [1.29, 1.82) is 0 Å². The Hall–Kier alpha value is -2.31. The van der Waals surface area contributed by atoms with E-state index in [2.05, 4.69) is 16.0 Å². The van der Waals surface area contributed by atoms with E-state index in [1.807, 2.05) is 44.9 Å². The number of aromatic nitrogens is 1. The lowest BCUT2D eigenvalue weighted by atomic mass is 10.2. The lowest BCUT2D eigenvalue weighted by Gasteiger charge is -2.36. The fourth-order valence-electron chi connectivity index (χ4n) is 2.49. The minimum absolute atomic E-state index is 0.269. The van der Waals surface area contributed by atoms with Crippen LogP contribution in [-0.2, 0) is 11.2 Å². The Morgan fingerprint density at radius 3 is 2.44 bits per heavy atom. The van der Waals surface area contributed by atoms with E-state index in [0.29, 0.717) is 38.7 Å². The summed E-state index contributed by atoms with van der Waals surface area (Å²) < 4.78 is 5.40. The van der Waals surface area contributed by atoms with Gasteiger partial charge in [-0.25, -0.2) is 4.79 Å². The van der Waals surface area contributed by atoms with E-state index in [4.69, 9.17) is 10.5 Å². The van der Waals surface area contributed by atoms with Crippen LogP contribution in [0, 0.1) is 6.92 Å². The van der Waals surface area contributed by atoms with Crippen molar-refractivity contribution in [1.82, 2.24) is 14.8 Å². The molecule has 0 aliphatic carbocycles. The summed E-state index contributed by atoms with van der Waals surface area (Å²) in [5.74, 6) is 0.531. The first kappa shape index (κ1) is 19.0. The zero-order chi connectivity index (χ0) is 18.4. The van der Waals surface area contributed by atoms with Gasteiger partial charge in [0.05, 0.1) is 0 Å². The number of amides is 1. The van der Waals surface area contributed by atoms with Gasteiger partial charge in [0.25, 0.3) is 0 Å². The van der Waals surface area contributed by atoms with Crippen LogP contribution in [0.15, 0.2) is 23.3 Å². The number of nitrogens with two attached hydrogens (primary N) is 1. The molecule has 7 nitrogen and oxygen atoms in total. The number of ether oxygens (including phenoxy) is 1. The summed E-state index contributed by atoms with van der Waals surface area (Å²) in [4.78, 5) is 24.5. The molecule has 2 rings (SSSR count). The molecule has 0 radical (unpaired) electrons. The molecule has 2 N–H and O–H groups in total. The maximum absolute atomic E-state index is 12.1. The summed E-state index contributed by atoms with van der Waals surface area (Å²) >= 11 is 0. The Labute approximate surface area is 149 Å². The predicted molar refractivity (Wildman–Crippen MR) is 98.5 cm³/mol. The van der Waals surface area contributed by atoms with E-state index in [1.54, 1.807) is 4.90 Å². The number of aliphatic imine (C=N–C) groups is 1. The van der Waals surface area contributed by atoms with Crippen LogP contribution in [0.2, 0.25) is 0 Å². The molecule has 138 valence electrons. The highest BCUT2D eigenvalue weighted by Gasteiger charge is 2.26. The highest BCUT2D eigenvalue weighted by Crippen LogP contribution is 2.11. The van der Waals surface area contributed by atoms with Crippen molar-refractivity contribution in [2.24, 2.45) is 10.7 Å². The number of rotatable bonds is 3. The van der Waals surface area contributed by atoms with Crippen molar-refractivity contribution in [2.45, 2.75) is 39.7 Å². The molecule has 0 aromatic carbocycles. The molecule has 1 saturated heterocycles. The van der Waals surface area contributed by atoms with Gasteiger partial charge in [0.1, 0.15) is 5.60 Å². The number of aryl methyl sites for hydroxylation is 1. The molecule has 0 atom stereocenters. The summed E-state index contributed by atoms with van der Waals surface area (Å²) in [6.07, 6.45) is 2.42. The maximum atomic E-state index is 12.1. The Morgan fingerprint density at radius 1 is 1.24 bits per heavy atom. The van der Waals surface area contributed by atoms with Crippen LogP contribution in [0.1, 0.15) is 32.0 Å². The fraction of sp³-hybridized carbons (Fsp3) is 0.611. The normalized spacial score (nSPS) is 16.1. The number of pyridine rings is 1. The van der Waals surface area contributed by atoms with Crippen molar-refractivity contribution in [3.8, 4) is 0 Å². The quantitative estimate of drug-likeness (QED) is 0.666. The summed E-state index contributed by atoms with van der Waals surface area (Å²) in [5.41, 5.74) is 7.77. The molecule has 0 spiro atoms. The van der Waals surface area contributed by atoms with Crippen LogP contribution in [0.5, 0.6) is 0 Å². The standard InChI is InChI=1S/C18H29N5O2/c1-14-5-6-15(13-21-14)7-8-20-16(19)22-9-11-23(12-10-22)17(24)25-18(2,3)4/h5-6,13H,7-12H2,1-4H3,(H2,19,20). The third-order valence-corrected chi connectivity index (χ3v) is 3.90. The number of carbonyl (C=O) groups excluding carboxylic acids is 1. The minimum Gasteiger partial charge on any atom is -0.444 e. The Kier molecular flexibility index (Phi) is 6.22.